The summed E-state index contributed by atoms with van der Waals surface area (Å²) in [6, 6.07) is 0.310. The maximum Gasteiger partial charge on any atom is 0.220 e. The van der Waals surface area contributed by atoms with Gasteiger partial charge in [0.25, 0.3) is 0 Å². The molecule has 5 heteroatoms. The number of amides is 2. The molecular formula is C16H28N2O3. The Morgan fingerprint density at radius 3 is 2.19 bits per heavy atom. The first-order chi connectivity index (χ1) is 10.1. The molecule has 0 radical (unpaired) electrons. The van der Waals surface area contributed by atoms with Crippen LogP contribution in [0.4, 0.5) is 0 Å². The first-order valence-corrected chi connectivity index (χ1v) is 8.39. The van der Waals surface area contributed by atoms with Gasteiger partial charge in [-0.2, -0.15) is 0 Å². The van der Waals surface area contributed by atoms with Gasteiger partial charge in [0.05, 0.1) is 6.10 Å². The molecule has 3 N–H and O–H groups in total. The van der Waals surface area contributed by atoms with Gasteiger partial charge in [-0.1, -0.05) is 25.7 Å². The van der Waals surface area contributed by atoms with E-state index in [4.69, 9.17) is 0 Å². The third kappa shape index (κ3) is 5.65. The quantitative estimate of drug-likeness (QED) is 0.666. The second-order valence-electron chi connectivity index (χ2n) is 6.46. The van der Waals surface area contributed by atoms with Crippen LogP contribution in [0.3, 0.4) is 0 Å². The molecule has 2 fully saturated rings. The Bertz CT molecular complexity index is 347. The molecule has 1 atom stereocenters. The molecule has 2 aliphatic rings. The summed E-state index contributed by atoms with van der Waals surface area (Å²) in [5.41, 5.74) is 0. The molecule has 5 nitrogen and oxygen atoms in total. The number of hydrogen-bond acceptors (Lipinski definition) is 3. The molecular weight excluding hydrogens is 268 g/mol. The molecule has 21 heavy (non-hydrogen) atoms. The predicted octanol–water partition coefficient (Wildman–Crippen LogP) is 1.49. The van der Waals surface area contributed by atoms with Gasteiger partial charge in [0.1, 0.15) is 0 Å². The summed E-state index contributed by atoms with van der Waals surface area (Å²) in [6.07, 6.45) is 8.96. The van der Waals surface area contributed by atoms with Crippen molar-refractivity contribution >= 4 is 11.8 Å². The molecule has 0 aromatic carbocycles. The molecule has 120 valence electrons. The van der Waals surface area contributed by atoms with Crippen molar-refractivity contribution in [3.63, 3.8) is 0 Å². The number of aliphatic hydroxyl groups excluding tert-OH is 1. The van der Waals surface area contributed by atoms with Gasteiger partial charge < -0.3 is 15.7 Å². The average molecular weight is 296 g/mol. The van der Waals surface area contributed by atoms with Crippen LogP contribution >= 0.6 is 0 Å². The minimum absolute atomic E-state index is 0.0339. The lowest BCUT2D eigenvalue weighted by Crippen LogP contribution is -2.37. The second kappa shape index (κ2) is 8.37. The Kier molecular flexibility index (Phi) is 6.49. The van der Waals surface area contributed by atoms with Crippen molar-refractivity contribution in [3.8, 4) is 0 Å². The molecule has 0 bridgehead atoms. The van der Waals surface area contributed by atoms with Crippen LogP contribution in [0.2, 0.25) is 0 Å². The number of carbonyl (C=O) groups is 2. The SMILES string of the molecule is O=C(CCC(=O)NC1CCCC1)NCC(O)C1CCCC1. The number of carbonyl (C=O) groups excluding carboxylic acids is 2. The van der Waals surface area contributed by atoms with Crippen LogP contribution in [0.15, 0.2) is 0 Å². The number of nitrogens with one attached hydrogen (secondary N) is 2. The van der Waals surface area contributed by atoms with Crippen LogP contribution in [-0.2, 0) is 9.59 Å². The van der Waals surface area contributed by atoms with Crippen LogP contribution in [0.5, 0.6) is 0 Å². The van der Waals surface area contributed by atoms with Crippen molar-refractivity contribution in [2.45, 2.75) is 76.4 Å². The molecule has 2 rings (SSSR count). The molecule has 2 saturated carbocycles. The summed E-state index contributed by atoms with van der Waals surface area (Å²) >= 11 is 0. The standard InChI is InChI=1S/C16H28N2O3/c19-14(12-5-1-2-6-12)11-17-15(20)9-10-16(21)18-13-7-3-4-8-13/h12-14,19H,1-11H2,(H,17,20)(H,18,21). The lowest BCUT2D eigenvalue weighted by Gasteiger charge is -2.18. The third-order valence-electron chi connectivity index (χ3n) is 4.75. The van der Waals surface area contributed by atoms with E-state index < -0.39 is 6.10 Å². The molecule has 0 heterocycles. The van der Waals surface area contributed by atoms with E-state index in [1.807, 2.05) is 0 Å². The van der Waals surface area contributed by atoms with Gasteiger partial charge in [-0.3, -0.25) is 9.59 Å². The first-order valence-electron chi connectivity index (χ1n) is 8.39. The van der Waals surface area contributed by atoms with Crippen molar-refractivity contribution < 1.29 is 14.7 Å². The summed E-state index contributed by atoms with van der Waals surface area (Å²) in [5.74, 6) is 0.151. The van der Waals surface area contributed by atoms with Crippen molar-refractivity contribution in [3.05, 3.63) is 0 Å². The van der Waals surface area contributed by atoms with Crippen molar-refractivity contribution in [2.24, 2.45) is 5.92 Å². The zero-order valence-corrected chi connectivity index (χ0v) is 12.8. The Hall–Kier alpha value is -1.10. The Labute approximate surface area is 126 Å². The summed E-state index contributed by atoms with van der Waals surface area (Å²) in [7, 11) is 0. The fourth-order valence-electron chi connectivity index (χ4n) is 3.41. The maximum absolute atomic E-state index is 11.7. The highest BCUT2D eigenvalue weighted by Crippen LogP contribution is 2.27. The lowest BCUT2D eigenvalue weighted by atomic mass is 10.0. The predicted molar refractivity (Wildman–Crippen MR) is 80.6 cm³/mol. The summed E-state index contributed by atoms with van der Waals surface area (Å²) < 4.78 is 0. The Morgan fingerprint density at radius 1 is 0.952 bits per heavy atom. The normalized spacial score (nSPS) is 21.4. The summed E-state index contributed by atoms with van der Waals surface area (Å²) in [4.78, 5) is 23.4. The lowest BCUT2D eigenvalue weighted by molar-refractivity contribution is -0.127. The van der Waals surface area contributed by atoms with Gasteiger partial charge in [0.15, 0.2) is 0 Å². The van der Waals surface area contributed by atoms with Gasteiger partial charge >= 0.3 is 0 Å². The summed E-state index contributed by atoms with van der Waals surface area (Å²) in [6.45, 7) is 0.313. The van der Waals surface area contributed by atoms with E-state index in [9.17, 15) is 14.7 Å². The van der Waals surface area contributed by atoms with Crippen molar-refractivity contribution in [1.82, 2.24) is 10.6 Å². The van der Waals surface area contributed by atoms with Gasteiger partial charge in [-0.25, -0.2) is 0 Å². The Balaban J connectivity index is 1.55. The molecule has 0 aromatic rings. The van der Waals surface area contributed by atoms with Crippen molar-refractivity contribution in [2.75, 3.05) is 6.54 Å². The highest BCUT2D eigenvalue weighted by Gasteiger charge is 2.23. The maximum atomic E-state index is 11.7. The van der Waals surface area contributed by atoms with Crippen LogP contribution in [0.25, 0.3) is 0 Å². The monoisotopic (exact) mass is 296 g/mol. The smallest absolute Gasteiger partial charge is 0.220 e. The minimum atomic E-state index is -0.441. The summed E-state index contributed by atoms with van der Waals surface area (Å²) in [5, 5.41) is 15.7. The molecule has 1 unspecified atom stereocenters. The van der Waals surface area contributed by atoms with E-state index in [1.54, 1.807) is 0 Å². The van der Waals surface area contributed by atoms with E-state index in [2.05, 4.69) is 10.6 Å². The zero-order valence-electron chi connectivity index (χ0n) is 12.8. The molecule has 0 aliphatic heterocycles. The van der Waals surface area contributed by atoms with Crippen LogP contribution in [0, 0.1) is 5.92 Å². The number of aliphatic hydroxyl groups is 1. The topological polar surface area (TPSA) is 78.4 Å². The highest BCUT2D eigenvalue weighted by molar-refractivity contribution is 5.83. The fraction of sp³-hybridized carbons (Fsp3) is 0.875. The number of rotatable bonds is 7. The number of hydrogen-bond donors (Lipinski definition) is 3. The van der Waals surface area contributed by atoms with Crippen LogP contribution < -0.4 is 10.6 Å². The van der Waals surface area contributed by atoms with Gasteiger partial charge in [-0.05, 0) is 31.6 Å². The van der Waals surface area contributed by atoms with Crippen molar-refractivity contribution in [1.29, 1.82) is 0 Å². The Morgan fingerprint density at radius 2 is 1.52 bits per heavy atom. The first kappa shape index (κ1) is 16.3. The van der Waals surface area contributed by atoms with E-state index in [0.717, 1.165) is 25.7 Å². The molecule has 0 aromatic heterocycles. The third-order valence-corrected chi connectivity index (χ3v) is 4.75. The minimum Gasteiger partial charge on any atom is -0.391 e. The highest BCUT2D eigenvalue weighted by atomic mass is 16.3. The molecule has 2 amide bonds. The van der Waals surface area contributed by atoms with E-state index >= 15 is 0 Å². The van der Waals surface area contributed by atoms with E-state index in [1.165, 1.54) is 25.7 Å². The largest absolute Gasteiger partial charge is 0.391 e. The van der Waals surface area contributed by atoms with Crippen LogP contribution in [-0.4, -0.2) is 35.6 Å². The van der Waals surface area contributed by atoms with Gasteiger partial charge in [0.2, 0.25) is 11.8 Å². The van der Waals surface area contributed by atoms with Gasteiger partial charge in [0, 0.05) is 25.4 Å². The zero-order chi connectivity index (χ0) is 15.1. The van der Waals surface area contributed by atoms with E-state index in [0.29, 0.717) is 18.5 Å². The molecule has 0 spiro atoms. The van der Waals surface area contributed by atoms with E-state index in [-0.39, 0.29) is 24.7 Å². The average Bonchev–Trinajstić information content (AvgIpc) is 3.15. The molecule has 0 saturated heterocycles. The van der Waals surface area contributed by atoms with Gasteiger partial charge in [-0.15, -0.1) is 0 Å². The fourth-order valence-corrected chi connectivity index (χ4v) is 3.41. The second-order valence-corrected chi connectivity index (χ2v) is 6.46. The van der Waals surface area contributed by atoms with Crippen LogP contribution in [0.1, 0.15) is 64.2 Å². The molecule has 2 aliphatic carbocycles.